The van der Waals surface area contributed by atoms with Crippen LogP contribution in [0.3, 0.4) is 0 Å². The van der Waals surface area contributed by atoms with Gasteiger partial charge in [-0.05, 0) is 6.42 Å². The predicted molar refractivity (Wildman–Crippen MR) is 65.9 cm³/mol. The fourth-order valence-corrected chi connectivity index (χ4v) is 2.55. The monoisotopic (exact) mass is 255 g/mol. The highest BCUT2D eigenvalue weighted by Crippen LogP contribution is 2.42. The van der Waals surface area contributed by atoms with Crippen molar-refractivity contribution in [3.63, 3.8) is 0 Å². The van der Waals surface area contributed by atoms with Crippen LogP contribution < -0.4 is 16.0 Å². The van der Waals surface area contributed by atoms with E-state index < -0.39 is 0 Å². The van der Waals surface area contributed by atoms with Gasteiger partial charge in [0.25, 0.3) is 0 Å². The number of piperazine rings is 1. The van der Waals surface area contributed by atoms with E-state index in [4.69, 9.17) is 4.74 Å². The van der Waals surface area contributed by atoms with Crippen molar-refractivity contribution in [1.82, 2.24) is 16.0 Å². The molecule has 0 radical (unpaired) electrons. The fourth-order valence-electron chi connectivity index (χ4n) is 2.55. The molecule has 2 aliphatic rings. The normalized spacial score (nSPS) is 34.4. The fraction of sp³-hybridized carbons (Fsp3) is 0.833. The third-order valence-corrected chi connectivity index (χ3v) is 4.11. The average molecular weight is 255 g/mol. The Balaban J connectivity index is 1.84. The lowest BCUT2D eigenvalue weighted by atomic mass is 9.64. The zero-order chi connectivity index (χ0) is 13.3. The van der Waals surface area contributed by atoms with Crippen LogP contribution >= 0.6 is 0 Å². The Morgan fingerprint density at radius 2 is 2.22 bits per heavy atom. The maximum atomic E-state index is 12.0. The van der Waals surface area contributed by atoms with Crippen LogP contribution in [0.25, 0.3) is 0 Å². The van der Waals surface area contributed by atoms with Gasteiger partial charge in [0, 0.05) is 25.1 Å². The van der Waals surface area contributed by atoms with Crippen molar-refractivity contribution in [2.75, 3.05) is 20.2 Å². The minimum absolute atomic E-state index is 0.0394. The van der Waals surface area contributed by atoms with Crippen LogP contribution in [-0.4, -0.2) is 50.2 Å². The molecule has 3 N–H and O–H groups in total. The summed E-state index contributed by atoms with van der Waals surface area (Å²) >= 11 is 0. The van der Waals surface area contributed by atoms with E-state index in [1.807, 2.05) is 0 Å². The minimum atomic E-state index is -0.333. The molecule has 1 aliphatic heterocycles. The Labute approximate surface area is 107 Å². The molecule has 6 heteroatoms. The molecular formula is C12H21N3O3. The van der Waals surface area contributed by atoms with E-state index >= 15 is 0 Å². The van der Waals surface area contributed by atoms with E-state index in [1.54, 1.807) is 7.11 Å². The number of hydrogen-bond donors (Lipinski definition) is 3. The summed E-state index contributed by atoms with van der Waals surface area (Å²) in [5.74, 6) is -0.120. The lowest BCUT2D eigenvalue weighted by Crippen LogP contribution is -2.66. The number of carbonyl (C=O) groups excluding carboxylic acids is 2. The van der Waals surface area contributed by atoms with Gasteiger partial charge in [0.1, 0.15) is 6.04 Å². The Morgan fingerprint density at radius 3 is 2.72 bits per heavy atom. The number of nitrogens with one attached hydrogen (secondary N) is 3. The predicted octanol–water partition coefficient (Wildman–Crippen LogP) is -0.996. The summed E-state index contributed by atoms with van der Waals surface area (Å²) in [6.07, 6.45) is 1.04. The Bertz CT molecular complexity index is 346. The second-order valence-electron chi connectivity index (χ2n) is 5.58. The molecule has 0 bridgehead atoms. The smallest absolute Gasteiger partial charge is 0.239 e. The van der Waals surface area contributed by atoms with Gasteiger partial charge in [0.2, 0.25) is 11.8 Å². The van der Waals surface area contributed by atoms with Crippen LogP contribution in [0.5, 0.6) is 0 Å². The molecule has 18 heavy (non-hydrogen) atoms. The van der Waals surface area contributed by atoms with Gasteiger partial charge in [-0.1, -0.05) is 13.8 Å². The summed E-state index contributed by atoms with van der Waals surface area (Å²) in [6.45, 7) is 4.73. The van der Waals surface area contributed by atoms with Crippen molar-refractivity contribution < 1.29 is 14.3 Å². The Morgan fingerprint density at radius 1 is 1.50 bits per heavy atom. The standard InChI is InChI=1S/C12H21N3O3/c1-12(2)8(4-9(12)18-3)15-11(17)7-5-14-10(16)6-13-7/h7-9,13H,4-6H2,1-3H3,(H,14,16)(H,15,17). The van der Waals surface area contributed by atoms with Crippen molar-refractivity contribution in [2.24, 2.45) is 5.41 Å². The molecule has 3 unspecified atom stereocenters. The van der Waals surface area contributed by atoms with Crippen LogP contribution in [-0.2, 0) is 14.3 Å². The number of methoxy groups -OCH3 is 1. The first kappa shape index (κ1) is 13.3. The maximum Gasteiger partial charge on any atom is 0.239 e. The highest BCUT2D eigenvalue weighted by Gasteiger charge is 2.49. The lowest BCUT2D eigenvalue weighted by Gasteiger charge is -2.51. The van der Waals surface area contributed by atoms with Crippen LogP contribution in [0.15, 0.2) is 0 Å². The first-order chi connectivity index (χ1) is 8.45. The first-order valence-corrected chi connectivity index (χ1v) is 6.28. The van der Waals surface area contributed by atoms with E-state index in [2.05, 4.69) is 29.8 Å². The number of amides is 2. The molecule has 2 amide bonds. The summed E-state index contributed by atoms with van der Waals surface area (Å²) in [5, 5.41) is 8.62. The summed E-state index contributed by atoms with van der Waals surface area (Å²) in [5.41, 5.74) is -0.0394. The molecule has 0 aromatic heterocycles. The minimum Gasteiger partial charge on any atom is -0.381 e. The van der Waals surface area contributed by atoms with E-state index in [0.717, 1.165) is 6.42 Å². The molecule has 0 aromatic carbocycles. The summed E-state index contributed by atoms with van der Waals surface area (Å²) < 4.78 is 5.35. The maximum absolute atomic E-state index is 12.0. The number of ether oxygens (including phenoxy) is 1. The second kappa shape index (κ2) is 4.85. The molecule has 1 saturated carbocycles. The van der Waals surface area contributed by atoms with Crippen molar-refractivity contribution >= 4 is 11.8 Å². The van der Waals surface area contributed by atoms with Crippen LogP contribution in [0.1, 0.15) is 20.3 Å². The second-order valence-corrected chi connectivity index (χ2v) is 5.58. The van der Waals surface area contributed by atoms with Gasteiger partial charge < -0.3 is 15.4 Å². The molecular weight excluding hydrogens is 234 g/mol. The molecule has 1 aliphatic carbocycles. The van der Waals surface area contributed by atoms with Gasteiger partial charge in [-0.2, -0.15) is 0 Å². The number of hydrogen-bond acceptors (Lipinski definition) is 4. The van der Waals surface area contributed by atoms with Crippen LogP contribution in [0.4, 0.5) is 0 Å². The Hall–Kier alpha value is -1.14. The molecule has 102 valence electrons. The Kier molecular flexibility index (Phi) is 3.59. The van der Waals surface area contributed by atoms with Crippen molar-refractivity contribution in [1.29, 1.82) is 0 Å². The topological polar surface area (TPSA) is 79.5 Å². The molecule has 0 spiro atoms. The van der Waals surface area contributed by atoms with Crippen molar-refractivity contribution in [3.8, 4) is 0 Å². The highest BCUT2D eigenvalue weighted by molar-refractivity contribution is 5.87. The van der Waals surface area contributed by atoms with Crippen molar-refractivity contribution in [2.45, 2.75) is 38.5 Å². The molecule has 1 heterocycles. The molecule has 2 fully saturated rings. The largest absolute Gasteiger partial charge is 0.381 e. The van der Waals surface area contributed by atoms with Gasteiger partial charge in [-0.25, -0.2) is 0 Å². The average Bonchev–Trinajstić information content (AvgIpc) is 2.34. The van der Waals surface area contributed by atoms with E-state index in [-0.39, 0.29) is 42.0 Å². The molecule has 0 aromatic rings. The third kappa shape index (κ3) is 2.35. The first-order valence-electron chi connectivity index (χ1n) is 6.28. The summed E-state index contributed by atoms with van der Waals surface area (Å²) in [7, 11) is 1.70. The van der Waals surface area contributed by atoms with Gasteiger partial charge in [-0.15, -0.1) is 0 Å². The van der Waals surface area contributed by atoms with E-state index in [0.29, 0.717) is 6.54 Å². The quantitative estimate of drug-likeness (QED) is 0.604. The number of carbonyl (C=O) groups is 2. The molecule has 1 saturated heterocycles. The molecule has 2 rings (SSSR count). The van der Waals surface area contributed by atoms with E-state index in [9.17, 15) is 9.59 Å². The highest BCUT2D eigenvalue weighted by atomic mass is 16.5. The van der Waals surface area contributed by atoms with Crippen LogP contribution in [0.2, 0.25) is 0 Å². The lowest BCUT2D eigenvalue weighted by molar-refractivity contribution is -0.135. The summed E-state index contributed by atoms with van der Waals surface area (Å²) in [4.78, 5) is 23.0. The summed E-state index contributed by atoms with van der Waals surface area (Å²) in [6, 6.07) is -0.200. The zero-order valence-corrected chi connectivity index (χ0v) is 11.1. The zero-order valence-electron chi connectivity index (χ0n) is 11.1. The van der Waals surface area contributed by atoms with Crippen LogP contribution in [0, 0.1) is 5.41 Å². The van der Waals surface area contributed by atoms with Gasteiger partial charge in [0.05, 0.1) is 12.6 Å². The SMILES string of the molecule is COC1CC(NC(=O)C2CNC(=O)CN2)C1(C)C. The van der Waals surface area contributed by atoms with E-state index in [1.165, 1.54) is 0 Å². The molecule has 6 nitrogen and oxygen atoms in total. The number of rotatable bonds is 3. The van der Waals surface area contributed by atoms with Gasteiger partial charge >= 0.3 is 0 Å². The van der Waals surface area contributed by atoms with Gasteiger partial charge in [0.15, 0.2) is 0 Å². The van der Waals surface area contributed by atoms with Gasteiger partial charge in [-0.3, -0.25) is 14.9 Å². The third-order valence-electron chi connectivity index (χ3n) is 4.11. The van der Waals surface area contributed by atoms with Crippen molar-refractivity contribution in [3.05, 3.63) is 0 Å². The molecule has 3 atom stereocenters.